The highest BCUT2D eigenvalue weighted by Crippen LogP contribution is 2.22. The maximum absolute atomic E-state index is 11.7. The molecule has 0 aliphatic carbocycles. The van der Waals surface area contributed by atoms with E-state index in [1.165, 1.54) is 6.92 Å². The number of rotatable bonds is 4. The highest BCUT2D eigenvalue weighted by atomic mass is 16.2. The number of hydrogen-bond donors (Lipinski definition) is 1. The topological polar surface area (TPSA) is 46.2 Å². The fraction of sp³-hybridized carbons (Fsp3) is 0.800. The number of ketones is 1. The van der Waals surface area contributed by atoms with E-state index in [-0.39, 0.29) is 23.1 Å². The van der Waals surface area contributed by atoms with E-state index in [4.69, 9.17) is 0 Å². The number of amides is 1. The molecule has 1 unspecified atom stereocenters. The van der Waals surface area contributed by atoms with Gasteiger partial charge in [0.15, 0.2) is 5.78 Å². The molecule has 0 aliphatic heterocycles. The van der Waals surface area contributed by atoms with E-state index in [1.807, 2.05) is 20.8 Å². The highest BCUT2D eigenvalue weighted by molar-refractivity contribution is 5.91. The summed E-state index contributed by atoms with van der Waals surface area (Å²) in [5.74, 6) is -0.0713. The molecule has 1 amide bonds. The van der Waals surface area contributed by atoms with Gasteiger partial charge in [-0.3, -0.25) is 9.59 Å². The summed E-state index contributed by atoms with van der Waals surface area (Å²) in [5.41, 5.74) is -0.345. The van der Waals surface area contributed by atoms with Crippen LogP contribution < -0.4 is 5.32 Å². The molecular formula is C10H19NO2. The first-order chi connectivity index (χ1) is 5.81. The Labute approximate surface area is 79.9 Å². The standard InChI is InChI=1S/C10H19NO2/c1-6-10(4,5)9(13)7(2)11-8(3)12/h7H,6H2,1-5H3,(H,11,12). The second-order valence-electron chi connectivity index (χ2n) is 4.02. The van der Waals surface area contributed by atoms with Crippen LogP contribution in [-0.2, 0) is 9.59 Å². The normalized spacial score (nSPS) is 13.6. The molecule has 0 saturated heterocycles. The van der Waals surface area contributed by atoms with Crippen molar-refractivity contribution in [2.24, 2.45) is 5.41 Å². The number of carbonyl (C=O) groups is 2. The largest absolute Gasteiger partial charge is 0.347 e. The summed E-state index contributed by atoms with van der Waals surface area (Å²) in [6.07, 6.45) is 0.787. The Morgan fingerprint density at radius 2 is 1.85 bits per heavy atom. The van der Waals surface area contributed by atoms with Crippen LogP contribution in [0, 0.1) is 5.41 Å². The van der Waals surface area contributed by atoms with E-state index in [0.717, 1.165) is 6.42 Å². The fourth-order valence-electron chi connectivity index (χ4n) is 1.13. The number of carbonyl (C=O) groups excluding carboxylic acids is 2. The van der Waals surface area contributed by atoms with Crippen LogP contribution in [0.3, 0.4) is 0 Å². The van der Waals surface area contributed by atoms with Gasteiger partial charge in [0.2, 0.25) is 5.91 Å². The molecule has 0 heterocycles. The van der Waals surface area contributed by atoms with Gasteiger partial charge < -0.3 is 5.32 Å². The molecule has 0 aromatic rings. The van der Waals surface area contributed by atoms with Gasteiger partial charge in [0, 0.05) is 12.3 Å². The zero-order valence-corrected chi connectivity index (χ0v) is 9.10. The van der Waals surface area contributed by atoms with E-state index >= 15 is 0 Å². The lowest BCUT2D eigenvalue weighted by Gasteiger charge is -2.25. The third-order valence-corrected chi connectivity index (χ3v) is 2.36. The van der Waals surface area contributed by atoms with Crippen LogP contribution in [0.25, 0.3) is 0 Å². The smallest absolute Gasteiger partial charge is 0.217 e. The second-order valence-corrected chi connectivity index (χ2v) is 4.02. The van der Waals surface area contributed by atoms with Crippen LogP contribution in [0.5, 0.6) is 0 Å². The van der Waals surface area contributed by atoms with Crippen LogP contribution in [0.15, 0.2) is 0 Å². The Hall–Kier alpha value is -0.860. The molecule has 1 N–H and O–H groups in total. The third-order valence-electron chi connectivity index (χ3n) is 2.36. The summed E-state index contributed by atoms with van der Waals surface area (Å²) in [5, 5.41) is 2.59. The van der Waals surface area contributed by atoms with Gasteiger partial charge in [-0.05, 0) is 13.3 Å². The molecule has 0 fully saturated rings. The Balaban J connectivity index is 4.34. The van der Waals surface area contributed by atoms with Gasteiger partial charge >= 0.3 is 0 Å². The van der Waals surface area contributed by atoms with Gasteiger partial charge in [-0.1, -0.05) is 20.8 Å². The molecule has 0 saturated carbocycles. The monoisotopic (exact) mass is 185 g/mol. The van der Waals surface area contributed by atoms with E-state index in [2.05, 4.69) is 5.32 Å². The minimum absolute atomic E-state index is 0.0881. The van der Waals surface area contributed by atoms with Crippen molar-refractivity contribution in [2.75, 3.05) is 0 Å². The zero-order valence-electron chi connectivity index (χ0n) is 9.10. The van der Waals surface area contributed by atoms with Crippen molar-refractivity contribution in [1.29, 1.82) is 0 Å². The molecule has 3 nitrogen and oxygen atoms in total. The predicted octanol–water partition coefficient (Wildman–Crippen LogP) is 1.52. The molecule has 0 rings (SSSR count). The number of hydrogen-bond acceptors (Lipinski definition) is 2. The van der Waals surface area contributed by atoms with Crippen LogP contribution in [0.2, 0.25) is 0 Å². The molecule has 13 heavy (non-hydrogen) atoms. The number of Topliss-reactive ketones (excluding diaryl/α,β-unsaturated/α-hetero) is 1. The van der Waals surface area contributed by atoms with E-state index in [1.54, 1.807) is 6.92 Å². The van der Waals surface area contributed by atoms with E-state index in [9.17, 15) is 9.59 Å². The lowest BCUT2D eigenvalue weighted by Crippen LogP contribution is -2.43. The maximum atomic E-state index is 11.7. The summed E-state index contributed by atoms with van der Waals surface area (Å²) in [4.78, 5) is 22.4. The summed E-state index contributed by atoms with van der Waals surface area (Å²) >= 11 is 0. The van der Waals surface area contributed by atoms with Gasteiger partial charge in [-0.25, -0.2) is 0 Å². The van der Waals surface area contributed by atoms with Crippen molar-refractivity contribution in [2.45, 2.75) is 47.1 Å². The average Bonchev–Trinajstić information content (AvgIpc) is 2.01. The van der Waals surface area contributed by atoms with Gasteiger partial charge in [0.25, 0.3) is 0 Å². The van der Waals surface area contributed by atoms with Gasteiger partial charge in [0.05, 0.1) is 6.04 Å². The van der Waals surface area contributed by atoms with Crippen LogP contribution in [0.1, 0.15) is 41.0 Å². The Bertz CT molecular complexity index is 209. The van der Waals surface area contributed by atoms with Crippen molar-refractivity contribution >= 4 is 11.7 Å². The SMILES string of the molecule is CCC(C)(C)C(=O)C(C)NC(C)=O. The predicted molar refractivity (Wildman–Crippen MR) is 52.4 cm³/mol. The lowest BCUT2D eigenvalue weighted by atomic mass is 9.82. The first-order valence-electron chi connectivity index (χ1n) is 4.62. The minimum atomic E-state index is -0.382. The van der Waals surface area contributed by atoms with Gasteiger partial charge in [-0.15, -0.1) is 0 Å². The van der Waals surface area contributed by atoms with Gasteiger partial charge in [-0.2, -0.15) is 0 Å². The molecule has 0 spiro atoms. The van der Waals surface area contributed by atoms with Crippen LogP contribution >= 0.6 is 0 Å². The maximum Gasteiger partial charge on any atom is 0.217 e. The molecule has 0 bridgehead atoms. The van der Waals surface area contributed by atoms with Gasteiger partial charge in [0.1, 0.15) is 0 Å². The summed E-state index contributed by atoms with van der Waals surface area (Å²) in [7, 11) is 0. The first kappa shape index (κ1) is 12.1. The zero-order chi connectivity index (χ0) is 10.6. The Morgan fingerprint density at radius 1 is 1.38 bits per heavy atom. The summed E-state index contributed by atoms with van der Waals surface area (Å²) in [6.45, 7) is 8.91. The van der Waals surface area contributed by atoms with Crippen molar-refractivity contribution in [3.05, 3.63) is 0 Å². The fourth-order valence-corrected chi connectivity index (χ4v) is 1.13. The molecular weight excluding hydrogens is 166 g/mol. The van der Waals surface area contributed by atoms with E-state index < -0.39 is 0 Å². The molecule has 0 aromatic heterocycles. The summed E-state index contributed by atoms with van der Waals surface area (Å²) < 4.78 is 0. The van der Waals surface area contributed by atoms with E-state index in [0.29, 0.717) is 0 Å². The van der Waals surface area contributed by atoms with Crippen LogP contribution in [0.4, 0.5) is 0 Å². The average molecular weight is 185 g/mol. The second kappa shape index (κ2) is 4.40. The molecule has 0 aliphatic rings. The lowest BCUT2D eigenvalue weighted by molar-refractivity contribution is -0.132. The molecule has 76 valence electrons. The molecule has 1 atom stereocenters. The number of nitrogens with one attached hydrogen (secondary N) is 1. The molecule has 0 aromatic carbocycles. The molecule has 0 radical (unpaired) electrons. The van der Waals surface area contributed by atoms with Crippen molar-refractivity contribution in [1.82, 2.24) is 5.32 Å². The quantitative estimate of drug-likeness (QED) is 0.721. The Kier molecular flexibility index (Phi) is 4.11. The van der Waals surface area contributed by atoms with Crippen molar-refractivity contribution in [3.8, 4) is 0 Å². The van der Waals surface area contributed by atoms with Crippen LogP contribution in [-0.4, -0.2) is 17.7 Å². The summed E-state index contributed by atoms with van der Waals surface area (Å²) in [6, 6.07) is -0.382. The Morgan fingerprint density at radius 3 is 2.15 bits per heavy atom. The van der Waals surface area contributed by atoms with Crippen molar-refractivity contribution in [3.63, 3.8) is 0 Å². The minimum Gasteiger partial charge on any atom is -0.347 e. The van der Waals surface area contributed by atoms with Crippen molar-refractivity contribution < 1.29 is 9.59 Å². The molecule has 3 heteroatoms. The third kappa shape index (κ3) is 3.57. The highest BCUT2D eigenvalue weighted by Gasteiger charge is 2.29. The first-order valence-corrected chi connectivity index (χ1v) is 4.62.